The van der Waals surface area contributed by atoms with E-state index in [0.717, 1.165) is 41.9 Å². The van der Waals surface area contributed by atoms with Gasteiger partial charge in [-0.15, -0.1) is 0 Å². The Morgan fingerprint density at radius 3 is 2.65 bits per heavy atom. The third-order valence-corrected chi connectivity index (χ3v) is 5.82. The van der Waals surface area contributed by atoms with Gasteiger partial charge in [-0.1, -0.05) is 36.4 Å². The van der Waals surface area contributed by atoms with Crippen molar-refractivity contribution in [1.29, 1.82) is 0 Å². The van der Waals surface area contributed by atoms with Gasteiger partial charge in [0.25, 0.3) is 5.91 Å². The maximum atomic E-state index is 13.0. The first kappa shape index (κ1) is 17.3. The first-order valence-corrected chi connectivity index (χ1v) is 9.35. The third-order valence-electron chi connectivity index (χ3n) is 5.82. The van der Waals surface area contributed by atoms with Crippen LogP contribution >= 0.6 is 0 Å². The van der Waals surface area contributed by atoms with Crippen molar-refractivity contribution in [3.05, 3.63) is 59.2 Å². The molecule has 0 aromatic heterocycles. The molecular weight excluding hydrogens is 324 g/mol. The smallest absolute Gasteiger partial charge is 0.253 e. The van der Waals surface area contributed by atoms with Crippen molar-refractivity contribution in [3.8, 4) is 11.1 Å². The van der Waals surface area contributed by atoms with Crippen molar-refractivity contribution in [2.75, 3.05) is 40.3 Å². The molecule has 1 N–H and O–H groups in total. The number of likely N-dealkylation sites (N-methyl/N-ethyl adjacent to an activating group) is 1. The zero-order valence-corrected chi connectivity index (χ0v) is 15.5. The van der Waals surface area contributed by atoms with Crippen molar-refractivity contribution in [1.82, 2.24) is 9.80 Å². The summed E-state index contributed by atoms with van der Waals surface area (Å²) in [5.41, 5.74) is 5.32. The van der Waals surface area contributed by atoms with E-state index in [4.69, 9.17) is 0 Å². The fourth-order valence-corrected chi connectivity index (χ4v) is 4.54. The average Bonchev–Trinajstić information content (AvgIpc) is 2.97. The van der Waals surface area contributed by atoms with Gasteiger partial charge in [0.05, 0.1) is 0 Å². The summed E-state index contributed by atoms with van der Waals surface area (Å²) in [4.78, 5) is 17.2. The molecule has 0 saturated carbocycles. The topological polar surface area (TPSA) is 43.8 Å². The Hall–Kier alpha value is -2.17. The van der Waals surface area contributed by atoms with E-state index >= 15 is 0 Å². The van der Waals surface area contributed by atoms with E-state index in [9.17, 15) is 9.90 Å². The van der Waals surface area contributed by atoms with E-state index < -0.39 is 0 Å². The highest BCUT2D eigenvalue weighted by molar-refractivity contribution is 5.97. The standard InChI is InChI=1S/C22H26N2O2/c1-23-12-18-13-24(2)22(26)20-11-17(6-7-19(20)21(18)14-23)16-5-3-4-15(10-16)8-9-25/h3-7,10-11,18,21,25H,8-9,12-14H2,1-2H3/t18-,21+/m1/s1. The minimum Gasteiger partial charge on any atom is -0.396 e. The minimum atomic E-state index is 0.130. The molecule has 0 aliphatic carbocycles. The highest BCUT2D eigenvalue weighted by Gasteiger charge is 2.38. The summed E-state index contributed by atoms with van der Waals surface area (Å²) in [5, 5.41) is 9.19. The molecule has 4 nitrogen and oxygen atoms in total. The highest BCUT2D eigenvalue weighted by Crippen LogP contribution is 2.38. The molecule has 4 rings (SSSR count). The molecule has 2 heterocycles. The molecule has 1 saturated heterocycles. The van der Waals surface area contributed by atoms with E-state index in [1.165, 1.54) is 5.56 Å². The van der Waals surface area contributed by atoms with Gasteiger partial charge in [0.15, 0.2) is 0 Å². The third kappa shape index (κ3) is 3.04. The zero-order chi connectivity index (χ0) is 18.3. The molecule has 2 atom stereocenters. The summed E-state index contributed by atoms with van der Waals surface area (Å²) in [6, 6.07) is 14.6. The molecular formula is C22H26N2O2. The zero-order valence-electron chi connectivity index (χ0n) is 15.5. The van der Waals surface area contributed by atoms with E-state index in [2.05, 4.69) is 42.3 Å². The normalized spacial score (nSPS) is 22.9. The van der Waals surface area contributed by atoms with Crippen LogP contribution in [0.2, 0.25) is 0 Å². The summed E-state index contributed by atoms with van der Waals surface area (Å²) in [6.07, 6.45) is 0.649. The predicted molar refractivity (Wildman–Crippen MR) is 103 cm³/mol. The average molecular weight is 350 g/mol. The Morgan fingerprint density at radius 2 is 1.85 bits per heavy atom. The Labute approximate surface area is 155 Å². The number of rotatable bonds is 3. The van der Waals surface area contributed by atoms with Gasteiger partial charge in [0.1, 0.15) is 0 Å². The molecule has 0 unspecified atom stereocenters. The molecule has 0 radical (unpaired) electrons. The molecule has 26 heavy (non-hydrogen) atoms. The van der Waals surface area contributed by atoms with Gasteiger partial charge in [-0.25, -0.2) is 0 Å². The molecule has 136 valence electrons. The van der Waals surface area contributed by atoms with Gasteiger partial charge in [0.2, 0.25) is 0 Å². The second-order valence-electron chi connectivity index (χ2n) is 7.75. The van der Waals surface area contributed by atoms with Gasteiger partial charge < -0.3 is 14.9 Å². The lowest BCUT2D eigenvalue weighted by Crippen LogP contribution is -2.31. The second kappa shape index (κ2) is 6.86. The van der Waals surface area contributed by atoms with Crippen molar-refractivity contribution < 1.29 is 9.90 Å². The summed E-state index contributed by atoms with van der Waals surface area (Å²) in [5.74, 6) is 1.07. The van der Waals surface area contributed by atoms with Crippen molar-refractivity contribution in [2.24, 2.45) is 5.92 Å². The predicted octanol–water partition coefficient (Wildman–Crippen LogP) is 2.62. The van der Waals surface area contributed by atoms with Gasteiger partial charge in [-0.2, -0.15) is 0 Å². The second-order valence-corrected chi connectivity index (χ2v) is 7.75. The number of carbonyl (C=O) groups is 1. The number of fused-ring (bicyclic) bond motifs is 3. The maximum Gasteiger partial charge on any atom is 0.253 e. The number of nitrogens with zero attached hydrogens (tertiary/aromatic N) is 2. The van der Waals surface area contributed by atoms with Crippen LogP contribution in [0.15, 0.2) is 42.5 Å². The molecule has 2 aliphatic heterocycles. The summed E-state index contributed by atoms with van der Waals surface area (Å²) < 4.78 is 0. The van der Waals surface area contributed by atoms with E-state index in [0.29, 0.717) is 18.3 Å². The Kier molecular flexibility index (Phi) is 4.55. The van der Waals surface area contributed by atoms with E-state index in [1.807, 2.05) is 24.1 Å². The van der Waals surface area contributed by atoms with Crippen LogP contribution in [-0.4, -0.2) is 61.2 Å². The number of hydrogen-bond acceptors (Lipinski definition) is 3. The van der Waals surface area contributed by atoms with Gasteiger partial charge in [0, 0.05) is 44.8 Å². The van der Waals surface area contributed by atoms with Gasteiger partial charge in [-0.05, 0) is 47.7 Å². The Morgan fingerprint density at radius 1 is 1.04 bits per heavy atom. The molecule has 1 fully saturated rings. The number of likely N-dealkylation sites (tertiary alicyclic amines) is 1. The number of carbonyl (C=O) groups excluding carboxylic acids is 1. The van der Waals surface area contributed by atoms with E-state index in [-0.39, 0.29) is 12.5 Å². The monoisotopic (exact) mass is 350 g/mol. The molecule has 2 aromatic rings. The molecule has 2 aromatic carbocycles. The van der Waals surface area contributed by atoms with Crippen LogP contribution in [-0.2, 0) is 6.42 Å². The maximum absolute atomic E-state index is 13.0. The summed E-state index contributed by atoms with van der Waals surface area (Å²) in [7, 11) is 4.08. The van der Waals surface area contributed by atoms with Crippen molar-refractivity contribution in [3.63, 3.8) is 0 Å². The minimum absolute atomic E-state index is 0.130. The largest absolute Gasteiger partial charge is 0.396 e. The van der Waals surface area contributed by atoms with Crippen LogP contribution in [0.25, 0.3) is 11.1 Å². The number of aliphatic hydroxyl groups is 1. The molecule has 0 bridgehead atoms. The van der Waals surface area contributed by atoms with Gasteiger partial charge >= 0.3 is 0 Å². The lowest BCUT2D eigenvalue weighted by molar-refractivity contribution is 0.0782. The fourth-order valence-electron chi connectivity index (χ4n) is 4.54. The van der Waals surface area contributed by atoms with Crippen LogP contribution < -0.4 is 0 Å². The number of amides is 1. The fraction of sp³-hybridized carbons (Fsp3) is 0.409. The SMILES string of the molecule is CN1C[C@@H]2CN(C)C(=O)c3cc(-c4cccc(CCO)c4)ccc3[C@H]2C1. The molecule has 1 amide bonds. The highest BCUT2D eigenvalue weighted by atomic mass is 16.3. The van der Waals surface area contributed by atoms with Crippen LogP contribution in [0.4, 0.5) is 0 Å². The van der Waals surface area contributed by atoms with Crippen LogP contribution in [0, 0.1) is 5.92 Å². The molecule has 4 heteroatoms. The molecule has 0 spiro atoms. The van der Waals surface area contributed by atoms with Crippen LogP contribution in [0.5, 0.6) is 0 Å². The Bertz CT molecular complexity index is 833. The lowest BCUT2D eigenvalue weighted by atomic mass is 9.86. The quantitative estimate of drug-likeness (QED) is 0.925. The van der Waals surface area contributed by atoms with Gasteiger partial charge in [-0.3, -0.25) is 4.79 Å². The number of aliphatic hydroxyl groups excluding tert-OH is 1. The van der Waals surface area contributed by atoms with Crippen LogP contribution in [0.3, 0.4) is 0 Å². The summed E-state index contributed by atoms with van der Waals surface area (Å²) >= 11 is 0. The van der Waals surface area contributed by atoms with Crippen molar-refractivity contribution in [2.45, 2.75) is 12.3 Å². The van der Waals surface area contributed by atoms with E-state index in [1.54, 1.807) is 0 Å². The number of hydrogen-bond donors (Lipinski definition) is 1. The lowest BCUT2D eigenvalue weighted by Gasteiger charge is -2.19. The first-order chi connectivity index (χ1) is 12.6. The summed E-state index contributed by atoms with van der Waals surface area (Å²) in [6.45, 7) is 3.04. The Balaban J connectivity index is 1.77. The number of benzene rings is 2. The first-order valence-electron chi connectivity index (χ1n) is 9.35. The molecule has 2 aliphatic rings. The van der Waals surface area contributed by atoms with Crippen molar-refractivity contribution >= 4 is 5.91 Å². The van der Waals surface area contributed by atoms with Crippen LogP contribution in [0.1, 0.15) is 27.4 Å².